The van der Waals surface area contributed by atoms with E-state index in [1.165, 1.54) is 0 Å². The van der Waals surface area contributed by atoms with Crippen molar-refractivity contribution in [2.45, 2.75) is 13.8 Å². The van der Waals surface area contributed by atoms with Crippen LogP contribution in [0, 0.1) is 13.8 Å². The predicted molar refractivity (Wildman–Crippen MR) is 114 cm³/mol. The molecule has 2 amide bonds. The van der Waals surface area contributed by atoms with Crippen molar-refractivity contribution in [2.75, 3.05) is 22.1 Å². The van der Waals surface area contributed by atoms with Crippen LogP contribution in [-0.2, 0) is 0 Å². The minimum absolute atomic E-state index is 0.255. The summed E-state index contributed by atoms with van der Waals surface area (Å²) in [6.45, 7) is 3.75. The van der Waals surface area contributed by atoms with Gasteiger partial charge in [0.05, 0.1) is 0 Å². The minimum Gasteiger partial charge on any atom is -0.399 e. The Labute approximate surface area is 163 Å². The molecule has 0 aliphatic rings. The van der Waals surface area contributed by atoms with Gasteiger partial charge in [-0.15, -0.1) is 0 Å². The Morgan fingerprint density at radius 2 is 1.00 bits per heavy atom. The van der Waals surface area contributed by atoms with Crippen molar-refractivity contribution < 1.29 is 9.59 Å². The second kappa shape index (κ2) is 7.84. The number of hydrogen-bond donors (Lipinski definition) is 4. The van der Waals surface area contributed by atoms with Crippen LogP contribution in [0.5, 0.6) is 0 Å². The molecule has 3 rings (SSSR count). The van der Waals surface area contributed by atoms with Gasteiger partial charge in [0.15, 0.2) is 0 Å². The van der Waals surface area contributed by atoms with Crippen molar-refractivity contribution in [3.63, 3.8) is 0 Å². The number of carbonyl (C=O) groups is 2. The lowest BCUT2D eigenvalue weighted by molar-refractivity contribution is 0.101. The number of aryl methyl sites for hydroxylation is 2. The van der Waals surface area contributed by atoms with Crippen molar-refractivity contribution in [3.05, 3.63) is 82.9 Å². The molecule has 0 aliphatic heterocycles. The summed E-state index contributed by atoms with van der Waals surface area (Å²) in [7, 11) is 0. The van der Waals surface area contributed by atoms with Crippen LogP contribution in [0.3, 0.4) is 0 Å². The maximum atomic E-state index is 12.4. The Morgan fingerprint density at radius 1 is 0.643 bits per heavy atom. The standard InChI is InChI=1S/C22H22N4O2/c1-13-11-17(23)7-9-19(13)25-21(27)15-3-5-16(6-4-15)22(28)26-20-10-8-18(24)12-14(20)2/h3-12H,23-24H2,1-2H3,(H,25,27)(H,26,28). The Balaban J connectivity index is 1.70. The molecule has 0 bridgehead atoms. The molecule has 6 nitrogen and oxygen atoms in total. The molecular formula is C22H22N4O2. The van der Waals surface area contributed by atoms with Crippen molar-refractivity contribution in [1.82, 2.24) is 0 Å². The van der Waals surface area contributed by atoms with Crippen LogP contribution in [0.25, 0.3) is 0 Å². The zero-order valence-corrected chi connectivity index (χ0v) is 15.7. The highest BCUT2D eigenvalue weighted by Crippen LogP contribution is 2.20. The van der Waals surface area contributed by atoms with Crippen molar-refractivity contribution in [3.8, 4) is 0 Å². The smallest absolute Gasteiger partial charge is 0.255 e. The second-order valence-electron chi connectivity index (χ2n) is 6.63. The summed E-state index contributed by atoms with van der Waals surface area (Å²) in [5.41, 5.74) is 16.8. The number of rotatable bonds is 4. The molecule has 0 atom stereocenters. The molecule has 0 saturated carbocycles. The van der Waals surface area contributed by atoms with E-state index >= 15 is 0 Å². The average Bonchev–Trinajstić information content (AvgIpc) is 2.66. The van der Waals surface area contributed by atoms with Crippen molar-refractivity contribution in [1.29, 1.82) is 0 Å². The van der Waals surface area contributed by atoms with Gasteiger partial charge in [-0.2, -0.15) is 0 Å². The number of benzene rings is 3. The summed E-state index contributed by atoms with van der Waals surface area (Å²) in [5, 5.41) is 5.70. The van der Waals surface area contributed by atoms with Gasteiger partial charge in [0.25, 0.3) is 11.8 Å². The fourth-order valence-electron chi connectivity index (χ4n) is 2.82. The maximum Gasteiger partial charge on any atom is 0.255 e. The number of amides is 2. The van der Waals surface area contributed by atoms with Gasteiger partial charge in [-0.25, -0.2) is 0 Å². The van der Waals surface area contributed by atoms with E-state index in [4.69, 9.17) is 11.5 Å². The van der Waals surface area contributed by atoms with E-state index in [-0.39, 0.29) is 11.8 Å². The molecule has 0 heterocycles. The maximum absolute atomic E-state index is 12.4. The van der Waals surface area contributed by atoms with Crippen molar-refractivity contribution in [2.24, 2.45) is 0 Å². The molecule has 0 spiro atoms. The van der Waals surface area contributed by atoms with Gasteiger partial charge in [0.2, 0.25) is 0 Å². The third-order valence-corrected chi connectivity index (χ3v) is 4.41. The van der Waals surface area contributed by atoms with E-state index < -0.39 is 0 Å². The third kappa shape index (κ3) is 4.29. The first kappa shape index (κ1) is 19.0. The number of anilines is 4. The van der Waals surface area contributed by atoms with Crippen LogP contribution >= 0.6 is 0 Å². The quantitative estimate of drug-likeness (QED) is 0.518. The molecule has 6 heteroatoms. The molecular weight excluding hydrogens is 352 g/mol. The molecule has 3 aromatic rings. The molecule has 0 saturated heterocycles. The normalized spacial score (nSPS) is 10.4. The summed E-state index contributed by atoms with van der Waals surface area (Å²) in [4.78, 5) is 24.9. The van der Waals surface area contributed by atoms with E-state index in [1.54, 1.807) is 60.7 Å². The Bertz CT molecular complexity index is 958. The zero-order chi connectivity index (χ0) is 20.3. The van der Waals surface area contributed by atoms with Crippen LogP contribution in [0.4, 0.5) is 22.7 Å². The fraction of sp³-hybridized carbons (Fsp3) is 0.0909. The lowest BCUT2D eigenvalue weighted by Gasteiger charge is -2.11. The average molecular weight is 374 g/mol. The molecule has 0 radical (unpaired) electrons. The van der Waals surface area contributed by atoms with Crippen molar-refractivity contribution >= 4 is 34.6 Å². The largest absolute Gasteiger partial charge is 0.399 e. The molecule has 142 valence electrons. The Morgan fingerprint density at radius 3 is 1.32 bits per heavy atom. The van der Waals surface area contributed by atoms with E-state index in [0.717, 1.165) is 11.1 Å². The van der Waals surface area contributed by atoms with Gasteiger partial charge in [-0.1, -0.05) is 0 Å². The number of nitrogens with two attached hydrogens (primary N) is 2. The van der Waals surface area contributed by atoms with Gasteiger partial charge < -0.3 is 22.1 Å². The third-order valence-electron chi connectivity index (χ3n) is 4.41. The first-order chi connectivity index (χ1) is 13.3. The van der Waals surface area contributed by atoms with Crippen LogP contribution in [0.1, 0.15) is 31.8 Å². The molecule has 0 unspecified atom stereocenters. The molecule has 28 heavy (non-hydrogen) atoms. The minimum atomic E-state index is -0.255. The van der Waals surface area contributed by atoms with Crippen LogP contribution < -0.4 is 22.1 Å². The predicted octanol–water partition coefficient (Wildman–Crippen LogP) is 3.97. The van der Waals surface area contributed by atoms with Crippen LogP contribution in [0.15, 0.2) is 60.7 Å². The van der Waals surface area contributed by atoms with Crippen LogP contribution in [-0.4, -0.2) is 11.8 Å². The first-order valence-electron chi connectivity index (χ1n) is 8.78. The molecule has 3 aromatic carbocycles. The highest BCUT2D eigenvalue weighted by molar-refractivity contribution is 6.07. The number of hydrogen-bond acceptors (Lipinski definition) is 4. The lowest BCUT2D eigenvalue weighted by atomic mass is 10.1. The summed E-state index contributed by atoms with van der Waals surface area (Å²) in [6.07, 6.45) is 0. The molecule has 0 fully saturated rings. The summed E-state index contributed by atoms with van der Waals surface area (Å²) >= 11 is 0. The van der Waals surface area contributed by atoms with Gasteiger partial charge in [-0.05, 0) is 85.6 Å². The summed E-state index contributed by atoms with van der Waals surface area (Å²) in [6, 6.07) is 17.0. The highest BCUT2D eigenvalue weighted by Gasteiger charge is 2.11. The molecule has 6 N–H and O–H groups in total. The SMILES string of the molecule is Cc1cc(N)ccc1NC(=O)c1ccc(C(=O)Nc2ccc(N)cc2C)cc1. The highest BCUT2D eigenvalue weighted by atomic mass is 16.2. The van der Waals surface area contributed by atoms with E-state index in [2.05, 4.69) is 10.6 Å². The first-order valence-corrected chi connectivity index (χ1v) is 8.78. The summed E-state index contributed by atoms with van der Waals surface area (Å²) < 4.78 is 0. The van der Waals surface area contributed by atoms with E-state index in [0.29, 0.717) is 33.9 Å². The monoisotopic (exact) mass is 374 g/mol. The van der Waals surface area contributed by atoms with Gasteiger partial charge in [0.1, 0.15) is 0 Å². The van der Waals surface area contributed by atoms with E-state index in [1.807, 2.05) is 13.8 Å². The van der Waals surface area contributed by atoms with Crippen LogP contribution in [0.2, 0.25) is 0 Å². The topological polar surface area (TPSA) is 110 Å². The van der Waals surface area contributed by atoms with Gasteiger partial charge in [-0.3, -0.25) is 9.59 Å². The van der Waals surface area contributed by atoms with E-state index in [9.17, 15) is 9.59 Å². The second-order valence-corrected chi connectivity index (χ2v) is 6.63. The number of carbonyl (C=O) groups excluding carboxylic acids is 2. The Hall–Kier alpha value is -3.80. The summed E-state index contributed by atoms with van der Waals surface area (Å²) in [5.74, 6) is -0.511. The van der Waals surface area contributed by atoms with Gasteiger partial charge in [0, 0.05) is 33.9 Å². The number of nitrogens with one attached hydrogen (secondary N) is 2. The zero-order valence-electron chi connectivity index (χ0n) is 15.7. The lowest BCUT2D eigenvalue weighted by Crippen LogP contribution is -2.15. The molecule has 0 aromatic heterocycles. The Kier molecular flexibility index (Phi) is 5.31. The van der Waals surface area contributed by atoms with Gasteiger partial charge >= 0.3 is 0 Å². The fourth-order valence-corrected chi connectivity index (χ4v) is 2.82. The molecule has 0 aliphatic carbocycles. The number of nitrogen functional groups attached to an aromatic ring is 2.